The molecule has 0 aliphatic heterocycles. The number of rotatable bonds is 4. The van der Waals surface area contributed by atoms with Gasteiger partial charge in [-0.25, -0.2) is 0 Å². The third kappa shape index (κ3) is 3.09. The summed E-state index contributed by atoms with van der Waals surface area (Å²) in [5, 5.41) is 9.87. The van der Waals surface area contributed by atoms with Crippen LogP contribution in [0.1, 0.15) is 60.3 Å². The lowest BCUT2D eigenvalue weighted by molar-refractivity contribution is 0.0146. The third-order valence-corrected chi connectivity index (χ3v) is 11.3. The Morgan fingerprint density at radius 3 is 2.59 bits per heavy atom. The minimum absolute atomic E-state index is 0.243. The van der Waals surface area contributed by atoms with Gasteiger partial charge in [-0.2, -0.15) is 0 Å². The van der Waals surface area contributed by atoms with Gasteiger partial charge in [0.1, 0.15) is 0 Å². The first-order valence-corrected chi connectivity index (χ1v) is 11.9. The molecule has 0 heterocycles. The molecular formula is C19H36O2Si. The Hall–Kier alpha value is -0.123. The van der Waals surface area contributed by atoms with Crippen molar-refractivity contribution in [1.82, 2.24) is 0 Å². The molecule has 4 atom stereocenters. The molecule has 0 radical (unpaired) electrons. The Labute approximate surface area is 138 Å². The first-order valence-electron chi connectivity index (χ1n) is 9.02. The van der Waals surface area contributed by atoms with Crippen molar-refractivity contribution < 1.29 is 9.53 Å². The lowest BCUT2D eigenvalue weighted by Crippen LogP contribution is -2.49. The molecule has 0 bridgehead atoms. The normalized spacial score (nSPS) is 34.3. The molecule has 128 valence electrons. The molecule has 1 fully saturated rings. The molecule has 0 spiro atoms. The van der Waals surface area contributed by atoms with Crippen molar-refractivity contribution in [2.24, 2.45) is 17.3 Å². The standard InChI is InChI=1S/C19H36O2Si/c1-14(13-20)15-10-11-16-17(9-8-12-19(15,16)5)21-22(6,7)18(2,3)4/h10,14,16-17,20H,8-9,11-13H2,1-7H3/t14-,16-,17-,19-/m0/s1. The van der Waals surface area contributed by atoms with Crippen molar-refractivity contribution in [3.8, 4) is 0 Å². The average Bonchev–Trinajstić information content (AvgIpc) is 2.74. The molecule has 2 nitrogen and oxygen atoms in total. The molecule has 22 heavy (non-hydrogen) atoms. The Morgan fingerprint density at radius 1 is 1.41 bits per heavy atom. The maximum Gasteiger partial charge on any atom is 0.192 e. The quantitative estimate of drug-likeness (QED) is 0.573. The monoisotopic (exact) mass is 324 g/mol. The average molecular weight is 325 g/mol. The van der Waals surface area contributed by atoms with E-state index in [1.165, 1.54) is 24.8 Å². The Morgan fingerprint density at radius 2 is 2.05 bits per heavy atom. The van der Waals surface area contributed by atoms with Crippen molar-refractivity contribution in [2.75, 3.05) is 6.61 Å². The van der Waals surface area contributed by atoms with Gasteiger partial charge in [0.25, 0.3) is 0 Å². The van der Waals surface area contributed by atoms with E-state index in [2.05, 4.69) is 53.8 Å². The molecule has 2 rings (SSSR count). The summed E-state index contributed by atoms with van der Waals surface area (Å²) in [6.07, 6.45) is 7.67. The van der Waals surface area contributed by atoms with Gasteiger partial charge in [-0.05, 0) is 48.7 Å². The molecule has 1 saturated carbocycles. The number of hydrogen-bond donors (Lipinski definition) is 1. The van der Waals surface area contributed by atoms with Crippen LogP contribution in [0.3, 0.4) is 0 Å². The van der Waals surface area contributed by atoms with E-state index in [0.717, 1.165) is 6.42 Å². The van der Waals surface area contributed by atoms with Crippen LogP contribution in [-0.4, -0.2) is 26.1 Å². The van der Waals surface area contributed by atoms with Gasteiger partial charge < -0.3 is 9.53 Å². The molecule has 3 heteroatoms. The zero-order chi connectivity index (χ0) is 16.8. The van der Waals surface area contributed by atoms with Gasteiger partial charge in [-0.15, -0.1) is 0 Å². The second-order valence-electron chi connectivity index (χ2n) is 9.31. The molecule has 0 saturated heterocycles. The minimum atomic E-state index is -1.72. The van der Waals surface area contributed by atoms with Crippen LogP contribution in [0, 0.1) is 17.3 Å². The second kappa shape index (κ2) is 6.07. The highest BCUT2D eigenvalue weighted by atomic mass is 28.4. The summed E-state index contributed by atoms with van der Waals surface area (Å²) in [5.74, 6) is 0.904. The molecule has 0 aromatic heterocycles. The third-order valence-electron chi connectivity index (χ3n) is 6.76. The highest BCUT2D eigenvalue weighted by molar-refractivity contribution is 6.74. The van der Waals surface area contributed by atoms with Crippen LogP contribution >= 0.6 is 0 Å². The predicted molar refractivity (Wildman–Crippen MR) is 96.5 cm³/mol. The van der Waals surface area contributed by atoms with E-state index in [0.29, 0.717) is 17.9 Å². The highest BCUT2D eigenvalue weighted by Gasteiger charge is 2.51. The van der Waals surface area contributed by atoms with E-state index in [-0.39, 0.29) is 17.1 Å². The molecule has 0 aromatic rings. The summed E-state index contributed by atoms with van der Waals surface area (Å²) in [5.41, 5.74) is 1.73. The van der Waals surface area contributed by atoms with Crippen LogP contribution in [-0.2, 0) is 4.43 Å². The number of allylic oxidation sites excluding steroid dienone is 1. The van der Waals surface area contributed by atoms with Gasteiger partial charge in [-0.3, -0.25) is 0 Å². The van der Waals surface area contributed by atoms with Crippen molar-refractivity contribution in [3.63, 3.8) is 0 Å². The first kappa shape index (κ1) is 18.2. The second-order valence-corrected chi connectivity index (χ2v) is 14.1. The van der Waals surface area contributed by atoms with Crippen molar-refractivity contribution in [3.05, 3.63) is 11.6 Å². The van der Waals surface area contributed by atoms with Crippen LogP contribution in [0.4, 0.5) is 0 Å². The van der Waals surface area contributed by atoms with Gasteiger partial charge in [0.15, 0.2) is 8.32 Å². The minimum Gasteiger partial charge on any atom is -0.414 e. The first-order chi connectivity index (χ1) is 10.0. The van der Waals surface area contributed by atoms with Crippen molar-refractivity contribution in [2.45, 2.75) is 84.5 Å². The lowest BCUT2D eigenvalue weighted by atomic mass is 9.63. The molecule has 0 amide bonds. The fourth-order valence-electron chi connectivity index (χ4n) is 4.28. The van der Waals surface area contributed by atoms with E-state index >= 15 is 0 Å². The van der Waals surface area contributed by atoms with Gasteiger partial charge in [0.2, 0.25) is 0 Å². The molecular weight excluding hydrogens is 288 g/mol. The summed E-state index contributed by atoms with van der Waals surface area (Å²) in [6, 6.07) is 0. The maximum atomic E-state index is 9.59. The largest absolute Gasteiger partial charge is 0.414 e. The van der Waals surface area contributed by atoms with Crippen LogP contribution in [0.5, 0.6) is 0 Å². The summed E-state index contributed by atoms with van der Waals surface area (Å²) >= 11 is 0. The topological polar surface area (TPSA) is 29.5 Å². The van der Waals surface area contributed by atoms with Crippen molar-refractivity contribution >= 4 is 8.32 Å². The number of aliphatic hydroxyl groups excluding tert-OH is 1. The van der Waals surface area contributed by atoms with Crippen LogP contribution in [0.25, 0.3) is 0 Å². The van der Waals surface area contributed by atoms with Gasteiger partial charge in [0.05, 0.1) is 0 Å². The molecule has 2 aliphatic rings. The van der Waals surface area contributed by atoms with Crippen LogP contribution in [0.2, 0.25) is 18.1 Å². The molecule has 1 N–H and O–H groups in total. The van der Waals surface area contributed by atoms with Crippen LogP contribution in [0.15, 0.2) is 11.6 Å². The fraction of sp³-hybridized carbons (Fsp3) is 0.895. The fourth-order valence-corrected chi connectivity index (χ4v) is 5.68. The SMILES string of the molecule is C[C@@H](CO)C1=CC[C@H]2[C@@H](O[Si](C)(C)C(C)(C)C)CCC[C@@]12C. The lowest BCUT2D eigenvalue weighted by Gasteiger charge is -2.49. The number of aliphatic hydroxyl groups is 1. The number of fused-ring (bicyclic) bond motifs is 1. The highest BCUT2D eigenvalue weighted by Crippen LogP contribution is 2.56. The summed E-state index contributed by atoms with van der Waals surface area (Å²) in [7, 11) is -1.72. The Kier molecular flexibility index (Phi) is 5.02. The zero-order valence-electron chi connectivity index (χ0n) is 15.7. The maximum absolute atomic E-state index is 9.59. The van der Waals surface area contributed by atoms with E-state index in [4.69, 9.17) is 4.43 Å². The summed E-state index contributed by atoms with van der Waals surface area (Å²) < 4.78 is 6.83. The molecule has 2 aliphatic carbocycles. The number of hydrogen-bond acceptors (Lipinski definition) is 2. The molecule has 0 unspecified atom stereocenters. The molecule has 0 aromatic carbocycles. The zero-order valence-corrected chi connectivity index (χ0v) is 16.7. The van der Waals surface area contributed by atoms with E-state index in [1.807, 2.05) is 0 Å². The summed E-state index contributed by atoms with van der Waals surface area (Å²) in [6.45, 7) is 16.6. The van der Waals surface area contributed by atoms with E-state index < -0.39 is 8.32 Å². The van der Waals surface area contributed by atoms with Crippen molar-refractivity contribution in [1.29, 1.82) is 0 Å². The van der Waals surface area contributed by atoms with E-state index in [9.17, 15) is 5.11 Å². The van der Waals surface area contributed by atoms with Crippen LogP contribution < -0.4 is 0 Å². The van der Waals surface area contributed by atoms with Gasteiger partial charge in [-0.1, -0.05) is 52.7 Å². The van der Waals surface area contributed by atoms with E-state index in [1.54, 1.807) is 0 Å². The Balaban J connectivity index is 2.18. The smallest absolute Gasteiger partial charge is 0.192 e. The van der Waals surface area contributed by atoms with Gasteiger partial charge in [0, 0.05) is 18.6 Å². The predicted octanol–water partition coefficient (Wildman–Crippen LogP) is 5.14. The van der Waals surface area contributed by atoms with Gasteiger partial charge >= 0.3 is 0 Å². The Bertz CT molecular complexity index is 435. The summed E-state index contributed by atoms with van der Waals surface area (Å²) in [4.78, 5) is 0.